The average molecular weight is 368 g/mol. The smallest absolute Gasteiger partial charge is 0.433 e. The minimum atomic E-state index is -4.54. The van der Waals surface area contributed by atoms with E-state index in [1.54, 1.807) is 25.1 Å². The molecule has 0 aliphatic carbocycles. The Kier molecular flexibility index (Phi) is 6.07. The Labute approximate surface area is 149 Å². The maximum Gasteiger partial charge on any atom is 0.433 e. The predicted octanol–water partition coefficient (Wildman–Crippen LogP) is 3.78. The normalized spacial score (nSPS) is 11.2. The Morgan fingerprint density at radius 1 is 1.12 bits per heavy atom. The molecule has 1 amide bonds. The van der Waals surface area contributed by atoms with Gasteiger partial charge in [-0.25, -0.2) is 0 Å². The highest BCUT2D eigenvalue weighted by Crippen LogP contribution is 2.29. The third kappa shape index (κ3) is 4.44. The fourth-order valence-electron chi connectivity index (χ4n) is 2.40. The summed E-state index contributed by atoms with van der Waals surface area (Å²) in [5.74, 6) is 0.700. The molecule has 5 nitrogen and oxygen atoms in total. The fourth-order valence-corrected chi connectivity index (χ4v) is 2.40. The first-order valence-electron chi connectivity index (χ1n) is 7.83. The Morgan fingerprint density at radius 3 is 2.31 bits per heavy atom. The van der Waals surface area contributed by atoms with E-state index in [9.17, 15) is 18.0 Å². The SMILES string of the molecule is CCN(Cc1ccc(OC)c(OC)c1)C(=O)c1ccc(C(F)(F)F)nc1. The van der Waals surface area contributed by atoms with Crippen molar-refractivity contribution in [1.82, 2.24) is 9.88 Å². The third-order valence-corrected chi connectivity index (χ3v) is 3.79. The van der Waals surface area contributed by atoms with Crippen molar-refractivity contribution in [1.29, 1.82) is 0 Å². The summed E-state index contributed by atoms with van der Waals surface area (Å²) in [6.45, 7) is 2.45. The first-order valence-corrected chi connectivity index (χ1v) is 7.83. The molecule has 0 aliphatic heterocycles. The molecular weight excluding hydrogens is 349 g/mol. The highest BCUT2D eigenvalue weighted by Gasteiger charge is 2.32. The van der Waals surface area contributed by atoms with Crippen molar-refractivity contribution in [2.45, 2.75) is 19.6 Å². The van der Waals surface area contributed by atoms with Gasteiger partial charge < -0.3 is 14.4 Å². The lowest BCUT2D eigenvalue weighted by molar-refractivity contribution is -0.141. The monoisotopic (exact) mass is 368 g/mol. The second kappa shape index (κ2) is 8.07. The van der Waals surface area contributed by atoms with Gasteiger partial charge in [0, 0.05) is 19.3 Å². The first kappa shape index (κ1) is 19.6. The molecule has 0 unspecified atom stereocenters. The standard InChI is InChI=1S/C18H19F3N2O3/c1-4-23(11-12-5-7-14(25-2)15(9-12)26-3)17(24)13-6-8-16(22-10-13)18(19,20)21/h5-10H,4,11H2,1-3H3. The van der Waals surface area contributed by atoms with Crippen LogP contribution in [-0.4, -0.2) is 36.6 Å². The van der Waals surface area contributed by atoms with E-state index in [1.807, 2.05) is 0 Å². The molecule has 0 bridgehead atoms. The minimum Gasteiger partial charge on any atom is -0.493 e. The lowest BCUT2D eigenvalue weighted by Crippen LogP contribution is -2.30. The van der Waals surface area contributed by atoms with E-state index >= 15 is 0 Å². The molecule has 1 heterocycles. The second-order valence-corrected chi connectivity index (χ2v) is 5.44. The van der Waals surface area contributed by atoms with Crippen LogP contribution in [0.4, 0.5) is 13.2 Å². The Bertz CT molecular complexity index is 761. The van der Waals surface area contributed by atoms with Crippen molar-refractivity contribution in [2.75, 3.05) is 20.8 Å². The van der Waals surface area contributed by atoms with E-state index in [0.29, 0.717) is 18.0 Å². The number of amides is 1. The topological polar surface area (TPSA) is 51.7 Å². The van der Waals surface area contributed by atoms with Crippen LogP contribution >= 0.6 is 0 Å². The minimum absolute atomic E-state index is 0.0975. The molecule has 26 heavy (non-hydrogen) atoms. The van der Waals surface area contributed by atoms with Gasteiger partial charge in [0.25, 0.3) is 5.91 Å². The molecule has 2 aromatic rings. The zero-order valence-electron chi connectivity index (χ0n) is 14.6. The van der Waals surface area contributed by atoms with Crippen LogP contribution in [0.2, 0.25) is 0 Å². The number of hydrogen-bond acceptors (Lipinski definition) is 4. The third-order valence-electron chi connectivity index (χ3n) is 3.79. The largest absolute Gasteiger partial charge is 0.493 e. The number of aromatic nitrogens is 1. The van der Waals surface area contributed by atoms with E-state index in [4.69, 9.17) is 9.47 Å². The summed E-state index contributed by atoms with van der Waals surface area (Å²) in [5.41, 5.74) is -0.130. The number of benzene rings is 1. The van der Waals surface area contributed by atoms with Crippen molar-refractivity contribution in [3.05, 3.63) is 53.3 Å². The Balaban J connectivity index is 2.19. The number of nitrogens with zero attached hydrogens (tertiary/aromatic N) is 2. The van der Waals surface area contributed by atoms with Gasteiger partial charge in [-0.2, -0.15) is 13.2 Å². The molecule has 0 aliphatic rings. The molecule has 0 saturated carbocycles. The molecule has 0 fully saturated rings. The van der Waals surface area contributed by atoms with Crippen LogP contribution in [0.3, 0.4) is 0 Å². The van der Waals surface area contributed by atoms with Crippen molar-refractivity contribution in [2.24, 2.45) is 0 Å². The van der Waals surface area contributed by atoms with Gasteiger partial charge in [-0.05, 0) is 36.8 Å². The van der Waals surface area contributed by atoms with Gasteiger partial charge in [0.1, 0.15) is 5.69 Å². The summed E-state index contributed by atoms with van der Waals surface area (Å²) in [7, 11) is 3.04. The number of halogens is 3. The summed E-state index contributed by atoms with van der Waals surface area (Å²) in [6, 6.07) is 7.21. The molecule has 0 N–H and O–H groups in total. The van der Waals surface area contributed by atoms with Crippen LogP contribution in [0, 0.1) is 0 Å². The Hall–Kier alpha value is -2.77. The van der Waals surface area contributed by atoms with Gasteiger partial charge in [0.2, 0.25) is 0 Å². The molecule has 0 saturated heterocycles. The van der Waals surface area contributed by atoms with Crippen molar-refractivity contribution < 1.29 is 27.4 Å². The molecule has 2 rings (SSSR count). The van der Waals surface area contributed by atoms with E-state index in [2.05, 4.69) is 4.98 Å². The number of rotatable bonds is 6. The second-order valence-electron chi connectivity index (χ2n) is 5.44. The highest BCUT2D eigenvalue weighted by molar-refractivity contribution is 5.93. The summed E-state index contributed by atoms with van der Waals surface area (Å²) in [6.07, 6.45) is -3.59. The van der Waals surface area contributed by atoms with Crippen LogP contribution < -0.4 is 9.47 Å². The average Bonchev–Trinajstić information content (AvgIpc) is 2.64. The fraction of sp³-hybridized carbons (Fsp3) is 0.333. The molecule has 0 atom stereocenters. The van der Waals surface area contributed by atoms with Gasteiger partial charge in [-0.1, -0.05) is 6.07 Å². The van der Waals surface area contributed by atoms with Gasteiger partial charge in [-0.3, -0.25) is 9.78 Å². The molecule has 1 aromatic heterocycles. The van der Waals surface area contributed by atoms with Crippen LogP contribution in [0.1, 0.15) is 28.5 Å². The van der Waals surface area contributed by atoms with Crippen LogP contribution in [0.5, 0.6) is 11.5 Å². The Morgan fingerprint density at radius 2 is 1.81 bits per heavy atom. The lowest BCUT2D eigenvalue weighted by Gasteiger charge is -2.21. The van der Waals surface area contributed by atoms with Gasteiger partial charge >= 0.3 is 6.18 Å². The van der Waals surface area contributed by atoms with Crippen molar-refractivity contribution >= 4 is 5.91 Å². The van der Waals surface area contributed by atoms with Crippen LogP contribution in [0.15, 0.2) is 36.5 Å². The van der Waals surface area contributed by atoms with Gasteiger partial charge in [-0.15, -0.1) is 0 Å². The molecule has 140 valence electrons. The van der Waals surface area contributed by atoms with E-state index < -0.39 is 17.8 Å². The number of pyridine rings is 1. The van der Waals surface area contributed by atoms with E-state index in [-0.39, 0.29) is 12.1 Å². The highest BCUT2D eigenvalue weighted by atomic mass is 19.4. The maximum atomic E-state index is 12.6. The molecule has 0 spiro atoms. The van der Waals surface area contributed by atoms with Crippen LogP contribution in [0.25, 0.3) is 0 Å². The van der Waals surface area contributed by atoms with Crippen molar-refractivity contribution in [3.63, 3.8) is 0 Å². The number of ether oxygens (including phenoxy) is 2. The van der Waals surface area contributed by atoms with E-state index in [1.165, 1.54) is 19.1 Å². The maximum absolute atomic E-state index is 12.6. The zero-order valence-corrected chi connectivity index (χ0v) is 14.6. The summed E-state index contributed by atoms with van der Waals surface area (Å²) < 4.78 is 48.2. The zero-order chi connectivity index (χ0) is 19.3. The summed E-state index contributed by atoms with van der Waals surface area (Å²) in [5, 5.41) is 0. The lowest BCUT2D eigenvalue weighted by atomic mass is 10.1. The number of alkyl halides is 3. The molecule has 1 aromatic carbocycles. The number of methoxy groups -OCH3 is 2. The van der Waals surface area contributed by atoms with Crippen LogP contribution in [-0.2, 0) is 12.7 Å². The first-order chi connectivity index (χ1) is 12.3. The van der Waals surface area contributed by atoms with Crippen molar-refractivity contribution in [3.8, 4) is 11.5 Å². The van der Waals surface area contributed by atoms with Gasteiger partial charge in [0.05, 0.1) is 19.8 Å². The molecule has 8 heteroatoms. The number of hydrogen-bond donors (Lipinski definition) is 0. The van der Waals surface area contributed by atoms with E-state index in [0.717, 1.165) is 23.9 Å². The quantitative estimate of drug-likeness (QED) is 0.779. The predicted molar refractivity (Wildman–Crippen MR) is 89.2 cm³/mol. The number of carbonyl (C=O) groups is 1. The summed E-state index contributed by atoms with van der Waals surface area (Å²) >= 11 is 0. The molecule has 0 radical (unpaired) electrons. The molecular formula is C18H19F3N2O3. The van der Waals surface area contributed by atoms with Gasteiger partial charge in [0.15, 0.2) is 11.5 Å². The number of carbonyl (C=O) groups excluding carboxylic acids is 1. The summed E-state index contributed by atoms with van der Waals surface area (Å²) in [4.78, 5) is 17.4.